The summed E-state index contributed by atoms with van der Waals surface area (Å²) in [5, 5.41) is 11.7. The molecule has 0 atom stereocenters. The van der Waals surface area contributed by atoms with Gasteiger partial charge in [0.15, 0.2) is 0 Å². The summed E-state index contributed by atoms with van der Waals surface area (Å²) in [5.41, 5.74) is -0.567. The van der Waals surface area contributed by atoms with Crippen LogP contribution in [-0.2, 0) is 10.0 Å². The first kappa shape index (κ1) is 17.9. The molecule has 0 heterocycles. The number of para-hydroxylation sites is 1. The molecule has 0 saturated heterocycles. The summed E-state index contributed by atoms with van der Waals surface area (Å²) in [4.78, 5) is 22.8. The van der Waals surface area contributed by atoms with E-state index in [0.717, 1.165) is 31.0 Å². The van der Waals surface area contributed by atoms with E-state index in [1.54, 1.807) is 12.1 Å². The summed E-state index contributed by atoms with van der Waals surface area (Å²) < 4.78 is 40.8. The van der Waals surface area contributed by atoms with Crippen LogP contribution in [0.15, 0.2) is 47.4 Å². The quantitative estimate of drug-likeness (QED) is 0.713. The number of carboxylic acid groups (broad SMARTS) is 1. The standard InChI is InChI=1S/C17H15FN2O5S/c18-14-8-7-11(9-13(14)17(22)23)26(24,25)20-15-4-2-1-3-12(15)16(21)19-10-5-6-10/h1-4,7-10,20H,5-6H2,(H,19,21)(H,22,23). The Balaban J connectivity index is 1.92. The fourth-order valence-electron chi connectivity index (χ4n) is 2.30. The SMILES string of the molecule is O=C(O)c1cc(S(=O)(=O)Nc2ccccc2C(=O)NC2CC2)ccc1F. The van der Waals surface area contributed by atoms with Crippen LogP contribution in [-0.4, -0.2) is 31.4 Å². The van der Waals surface area contributed by atoms with Gasteiger partial charge in [-0.2, -0.15) is 0 Å². The molecule has 0 bridgehead atoms. The Kier molecular flexibility index (Phi) is 4.64. The number of halogens is 1. The van der Waals surface area contributed by atoms with E-state index in [1.165, 1.54) is 12.1 Å². The van der Waals surface area contributed by atoms with Crippen molar-refractivity contribution in [1.82, 2.24) is 5.32 Å². The molecule has 136 valence electrons. The molecule has 7 nitrogen and oxygen atoms in total. The molecule has 1 amide bonds. The van der Waals surface area contributed by atoms with Crippen LogP contribution < -0.4 is 10.0 Å². The largest absolute Gasteiger partial charge is 0.478 e. The highest BCUT2D eigenvalue weighted by atomic mass is 32.2. The Morgan fingerprint density at radius 1 is 1.08 bits per heavy atom. The molecule has 1 aliphatic carbocycles. The van der Waals surface area contributed by atoms with Crippen LogP contribution in [0.1, 0.15) is 33.6 Å². The highest BCUT2D eigenvalue weighted by molar-refractivity contribution is 7.92. The lowest BCUT2D eigenvalue weighted by molar-refractivity contribution is 0.0691. The van der Waals surface area contributed by atoms with Crippen molar-refractivity contribution in [3.63, 3.8) is 0 Å². The van der Waals surface area contributed by atoms with E-state index in [0.29, 0.717) is 0 Å². The van der Waals surface area contributed by atoms with Crippen molar-refractivity contribution in [1.29, 1.82) is 0 Å². The summed E-state index contributed by atoms with van der Waals surface area (Å²) in [6, 6.07) is 8.60. The topological polar surface area (TPSA) is 113 Å². The number of carbonyl (C=O) groups is 2. The summed E-state index contributed by atoms with van der Waals surface area (Å²) in [7, 11) is -4.21. The van der Waals surface area contributed by atoms with Crippen molar-refractivity contribution >= 4 is 27.6 Å². The zero-order chi connectivity index (χ0) is 18.9. The predicted molar refractivity (Wildman–Crippen MR) is 91.1 cm³/mol. The van der Waals surface area contributed by atoms with Gasteiger partial charge in [-0.05, 0) is 43.2 Å². The molecular weight excluding hydrogens is 363 g/mol. The van der Waals surface area contributed by atoms with Crippen molar-refractivity contribution in [2.24, 2.45) is 0 Å². The van der Waals surface area contributed by atoms with Gasteiger partial charge >= 0.3 is 5.97 Å². The zero-order valence-corrected chi connectivity index (χ0v) is 14.2. The van der Waals surface area contributed by atoms with Gasteiger partial charge in [0.2, 0.25) is 0 Å². The molecule has 0 aliphatic heterocycles. The van der Waals surface area contributed by atoms with Gasteiger partial charge in [0.25, 0.3) is 15.9 Å². The smallest absolute Gasteiger partial charge is 0.338 e. The van der Waals surface area contributed by atoms with E-state index in [-0.39, 0.29) is 17.3 Å². The second-order valence-electron chi connectivity index (χ2n) is 5.85. The average molecular weight is 378 g/mol. The first-order valence-electron chi connectivity index (χ1n) is 7.73. The van der Waals surface area contributed by atoms with Gasteiger partial charge < -0.3 is 10.4 Å². The Bertz CT molecular complexity index is 986. The van der Waals surface area contributed by atoms with Crippen molar-refractivity contribution < 1.29 is 27.5 Å². The third-order valence-electron chi connectivity index (χ3n) is 3.81. The van der Waals surface area contributed by atoms with Crippen LogP contribution in [0, 0.1) is 5.82 Å². The number of aromatic carboxylic acids is 1. The van der Waals surface area contributed by atoms with Gasteiger partial charge in [0, 0.05) is 6.04 Å². The maximum atomic E-state index is 13.5. The van der Waals surface area contributed by atoms with E-state index in [2.05, 4.69) is 10.0 Å². The highest BCUT2D eigenvalue weighted by Gasteiger charge is 2.26. The van der Waals surface area contributed by atoms with Crippen molar-refractivity contribution in [2.45, 2.75) is 23.8 Å². The number of carbonyl (C=O) groups excluding carboxylic acids is 1. The Morgan fingerprint density at radius 2 is 1.77 bits per heavy atom. The van der Waals surface area contributed by atoms with Gasteiger partial charge in [0.05, 0.1) is 21.7 Å². The van der Waals surface area contributed by atoms with Crippen LogP contribution in [0.3, 0.4) is 0 Å². The number of carboxylic acids is 1. The minimum absolute atomic E-state index is 0.0480. The van der Waals surface area contributed by atoms with Crippen molar-refractivity contribution in [3.05, 3.63) is 59.4 Å². The molecule has 1 aliphatic rings. The summed E-state index contributed by atoms with van der Waals surface area (Å²) in [6.45, 7) is 0. The first-order chi connectivity index (χ1) is 12.3. The molecule has 0 unspecified atom stereocenters. The van der Waals surface area contributed by atoms with Gasteiger partial charge in [-0.25, -0.2) is 17.6 Å². The van der Waals surface area contributed by atoms with Crippen LogP contribution in [0.5, 0.6) is 0 Å². The fourth-order valence-corrected chi connectivity index (χ4v) is 3.41. The number of sulfonamides is 1. The van der Waals surface area contributed by atoms with Gasteiger partial charge in [0.1, 0.15) is 5.82 Å². The summed E-state index contributed by atoms with van der Waals surface area (Å²) >= 11 is 0. The zero-order valence-electron chi connectivity index (χ0n) is 13.4. The van der Waals surface area contributed by atoms with Crippen LogP contribution in [0.2, 0.25) is 0 Å². The number of anilines is 1. The van der Waals surface area contributed by atoms with Crippen LogP contribution >= 0.6 is 0 Å². The molecule has 3 rings (SSSR count). The molecule has 0 aromatic heterocycles. The van der Waals surface area contributed by atoms with E-state index in [4.69, 9.17) is 5.11 Å². The lowest BCUT2D eigenvalue weighted by Crippen LogP contribution is -2.27. The number of rotatable bonds is 6. The molecule has 2 aromatic rings. The number of amides is 1. The van der Waals surface area contributed by atoms with E-state index in [9.17, 15) is 22.4 Å². The third-order valence-corrected chi connectivity index (χ3v) is 5.17. The predicted octanol–water partition coefficient (Wildman–Crippen LogP) is 2.22. The number of benzene rings is 2. The van der Waals surface area contributed by atoms with E-state index < -0.39 is 38.2 Å². The highest BCUT2D eigenvalue weighted by Crippen LogP contribution is 2.24. The Labute approximate surface area is 148 Å². The third kappa shape index (κ3) is 3.83. The second-order valence-corrected chi connectivity index (χ2v) is 7.53. The Morgan fingerprint density at radius 3 is 2.42 bits per heavy atom. The van der Waals surface area contributed by atoms with Gasteiger partial charge in [-0.1, -0.05) is 12.1 Å². The maximum absolute atomic E-state index is 13.5. The van der Waals surface area contributed by atoms with Gasteiger partial charge in [-0.3, -0.25) is 9.52 Å². The molecule has 1 fully saturated rings. The van der Waals surface area contributed by atoms with E-state index >= 15 is 0 Å². The molecule has 2 aromatic carbocycles. The molecule has 9 heteroatoms. The van der Waals surface area contributed by atoms with Crippen LogP contribution in [0.4, 0.5) is 10.1 Å². The average Bonchev–Trinajstić information content (AvgIpc) is 3.38. The molecule has 0 radical (unpaired) electrons. The number of hydrogen-bond acceptors (Lipinski definition) is 4. The second kappa shape index (κ2) is 6.75. The fraction of sp³-hybridized carbons (Fsp3) is 0.176. The van der Waals surface area contributed by atoms with Gasteiger partial charge in [-0.15, -0.1) is 0 Å². The lowest BCUT2D eigenvalue weighted by Gasteiger charge is -2.13. The molecule has 3 N–H and O–H groups in total. The normalized spacial score (nSPS) is 13.9. The molecular formula is C17H15FN2O5S. The maximum Gasteiger partial charge on any atom is 0.338 e. The molecule has 1 saturated carbocycles. The molecule has 0 spiro atoms. The monoisotopic (exact) mass is 378 g/mol. The number of hydrogen-bond donors (Lipinski definition) is 3. The van der Waals surface area contributed by atoms with Crippen molar-refractivity contribution in [3.8, 4) is 0 Å². The summed E-state index contributed by atoms with van der Waals surface area (Å²) in [5.74, 6) is -3.03. The van der Waals surface area contributed by atoms with Crippen molar-refractivity contribution in [2.75, 3.05) is 4.72 Å². The lowest BCUT2D eigenvalue weighted by atomic mass is 10.1. The summed E-state index contributed by atoms with van der Waals surface area (Å²) in [6.07, 6.45) is 1.76. The minimum Gasteiger partial charge on any atom is -0.478 e. The van der Waals surface area contributed by atoms with Crippen LogP contribution in [0.25, 0.3) is 0 Å². The first-order valence-corrected chi connectivity index (χ1v) is 9.22. The minimum atomic E-state index is -4.21. The van der Waals surface area contributed by atoms with E-state index in [1.807, 2.05) is 0 Å². The number of nitrogens with one attached hydrogen (secondary N) is 2. The molecule has 26 heavy (non-hydrogen) atoms. The Hall–Kier alpha value is -2.94.